The lowest BCUT2D eigenvalue weighted by atomic mass is 10.1. The molecular weight excluding hydrogens is 320 g/mol. The Kier molecular flexibility index (Phi) is 4.95. The quantitative estimate of drug-likeness (QED) is 0.922. The van der Waals surface area contributed by atoms with Gasteiger partial charge in [0.1, 0.15) is 0 Å². The van der Waals surface area contributed by atoms with E-state index in [0.717, 1.165) is 24.1 Å². The fraction of sp³-hybridized carbons (Fsp3) is 0.316. The standard InChI is InChI=1S/C19H23ClN4/c1-23(2)17-6-4-5-14(11-17)13-24(3)19-21-12-18(22-19)15-7-9-16(20)10-8-15/h4-11,18H,12-13H2,1-3H3,(H,21,22). The van der Waals surface area contributed by atoms with Crippen molar-refractivity contribution in [2.24, 2.45) is 4.99 Å². The van der Waals surface area contributed by atoms with Gasteiger partial charge in [0.15, 0.2) is 5.96 Å². The lowest BCUT2D eigenvalue weighted by Gasteiger charge is -2.22. The lowest BCUT2D eigenvalue weighted by Crippen LogP contribution is -2.36. The molecule has 0 saturated carbocycles. The Morgan fingerprint density at radius 1 is 1.12 bits per heavy atom. The molecule has 0 aromatic heterocycles. The number of hydrogen-bond donors (Lipinski definition) is 1. The summed E-state index contributed by atoms with van der Waals surface area (Å²) in [5.74, 6) is 0.935. The van der Waals surface area contributed by atoms with Crippen LogP contribution in [0, 0.1) is 0 Å². The monoisotopic (exact) mass is 342 g/mol. The molecule has 1 aliphatic rings. The highest BCUT2D eigenvalue weighted by molar-refractivity contribution is 6.30. The Balaban J connectivity index is 1.63. The highest BCUT2D eigenvalue weighted by Gasteiger charge is 2.21. The molecule has 3 rings (SSSR count). The normalized spacial score (nSPS) is 16.5. The first-order chi connectivity index (χ1) is 11.5. The third-order valence-corrected chi connectivity index (χ3v) is 4.46. The molecule has 2 aromatic rings. The molecule has 1 atom stereocenters. The summed E-state index contributed by atoms with van der Waals surface area (Å²) in [6.45, 7) is 1.57. The second-order valence-electron chi connectivity index (χ2n) is 6.33. The Bertz CT molecular complexity index is 724. The van der Waals surface area contributed by atoms with Crippen molar-refractivity contribution in [3.05, 3.63) is 64.7 Å². The van der Waals surface area contributed by atoms with Gasteiger partial charge in [0.25, 0.3) is 0 Å². The molecule has 0 spiro atoms. The van der Waals surface area contributed by atoms with Gasteiger partial charge in [0.2, 0.25) is 0 Å². The van der Waals surface area contributed by atoms with Crippen LogP contribution in [0.15, 0.2) is 53.5 Å². The van der Waals surface area contributed by atoms with E-state index < -0.39 is 0 Å². The van der Waals surface area contributed by atoms with E-state index >= 15 is 0 Å². The molecule has 1 heterocycles. The number of rotatable bonds is 4. The molecule has 0 fully saturated rings. The van der Waals surface area contributed by atoms with Crippen molar-refractivity contribution in [1.29, 1.82) is 0 Å². The van der Waals surface area contributed by atoms with Crippen LogP contribution in [-0.4, -0.2) is 38.5 Å². The minimum Gasteiger partial charge on any atom is -0.378 e. The van der Waals surface area contributed by atoms with Gasteiger partial charge in [-0.3, -0.25) is 4.99 Å². The van der Waals surface area contributed by atoms with Crippen LogP contribution in [0.3, 0.4) is 0 Å². The predicted octanol–water partition coefficient (Wildman–Crippen LogP) is 3.54. The van der Waals surface area contributed by atoms with Crippen LogP contribution in [0.5, 0.6) is 0 Å². The first-order valence-corrected chi connectivity index (χ1v) is 8.44. The number of benzene rings is 2. The summed E-state index contributed by atoms with van der Waals surface area (Å²) in [4.78, 5) is 8.93. The van der Waals surface area contributed by atoms with Crippen LogP contribution in [0.4, 0.5) is 5.69 Å². The van der Waals surface area contributed by atoms with E-state index in [2.05, 4.69) is 77.7 Å². The molecule has 24 heavy (non-hydrogen) atoms. The topological polar surface area (TPSA) is 30.9 Å². The van der Waals surface area contributed by atoms with E-state index in [9.17, 15) is 0 Å². The minimum absolute atomic E-state index is 0.216. The third kappa shape index (κ3) is 3.82. The van der Waals surface area contributed by atoms with Crippen molar-refractivity contribution in [3.63, 3.8) is 0 Å². The van der Waals surface area contributed by atoms with E-state index in [4.69, 9.17) is 11.6 Å². The fourth-order valence-corrected chi connectivity index (χ4v) is 2.95. The van der Waals surface area contributed by atoms with E-state index in [1.807, 2.05) is 12.1 Å². The highest BCUT2D eigenvalue weighted by Crippen LogP contribution is 2.21. The van der Waals surface area contributed by atoms with Crippen LogP contribution in [-0.2, 0) is 6.54 Å². The summed E-state index contributed by atoms with van der Waals surface area (Å²) in [7, 11) is 6.18. The summed E-state index contributed by atoms with van der Waals surface area (Å²) < 4.78 is 0. The maximum Gasteiger partial charge on any atom is 0.194 e. The fourth-order valence-electron chi connectivity index (χ4n) is 2.82. The number of hydrogen-bond acceptors (Lipinski definition) is 4. The van der Waals surface area contributed by atoms with Gasteiger partial charge in [-0.05, 0) is 35.4 Å². The maximum absolute atomic E-state index is 5.96. The van der Waals surface area contributed by atoms with Gasteiger partial charge in [-0.25, -0.2) is 0 Å². The first kappa shape index (κ1) is 16.7. The number of aliphatic imine (C=N–C) groups is 1. The number of nitrogens with one attached hydrogen (secondary N) is 1. The van der Waals surface area contributed by atoms with Crippen molar-refractivity contribution >= 4 is 23.2 Å². The molecule has 0 amide bonds. The first-order valence-electron chi connectivity index (χ1n) is 8.07. The zero-order valence-corrected chi connectivity index (χ0v) is 15.1. The van der Waals surface area contributed by atoms with Gasteiger partial charge >= 0.3 is 0 Å². The van der Waals surface area contributed by atoms with Crippen molar-refractivity contribution in [2.75, 3.05) is 32.6 Å². The zero-order valence-electron chi connectivity index (χ0n) is 14.3. The molecule has 1 N–H and O–H groups in total. The SMILES string of the molecule is CN(Cc1cccc(N(C)C)c1)C1=NCC(c2ccc(Cl)cc2)N1. The van der Waals surface area contributed by atoms with E-state index in [1.54, 1.807) is 0 Å². The van der Waals surface area contributed by atoms with Crippen LogP contribution in [0.2, 0.25) is 5.02 Å². The highest BCUT2D eigenvalue weighted by atomic mass is 35.5. The van der Waals surface area contributed by atoms with Gasteiger partial charge in [-0.15, -0.1) is 0 Å². The Hall–Kier alpha value is -2.20. The molecule has 1 unspecified atom stereocenters. The van der Waals surface area contributed by atoms with E-state index in [-0.39, 0.29) is 6.04 Å². The van der Waals surface area contributed by atoms with Crippen molar-refractivity contribution in [1.82, 2.24) is 10.2 Å². The summed E-state index contributed by atoms with van der Waals surface area (Å²) in [5.41, 5.74) is 3.69. The summed E-state index contributed by atoms with van der Waals surface area (Å²) in [6, 6.07) is 16.7. The zero-order chi connectivity index (χ0) is 17.1. The van der Waals surface area contributed by atoms with Gasteiger partial charge < -0.3 is 15.1 Å². The minimum atomic E-state index is 0.216. The van der Waals surface area contributed by atoms with E-state index in [0.29, 0.717) is 0 Å². The Labute approximate surface area is 148 Å². The van der Waals surface area contributed by atoms with Crippen molar-refractivity contribution in [2.45, 2.75) is 12.6 Å². The van der Waals surface area contributed by atoms with Crippen LogP contribution >= 0.6 is 11.6 Å². The smallest absolute Gasteiger partial charge is 0.194 e. The number of guanidine groups is 1. The summed E-state index contributed by atoms with van der Waals surface area (Å²) in [5, 5.41) is 4.27. The van der Waals surface area contributed by atoms with Crippen LogP contribution in [0.25, 0.3) is 0 Å². The van der Waals surface area contributed by atoms with E-state index in [1.165, 1.54) is 16.8 Å². The van der Waals surface area contributed by atoms with Gasteiger partial charge in [-0.1, -0.05) is 35.9 Å². The Morgan fingerprint density at radius 3 is 2.58 bits per heavy atom. The second-order valence-corrected chi connectivity index (χ2v) is 6.77. The maximum atomic E-state index is 5.96. The van der Waals surface area contributed by atoms with Crippen molar-refractivity contribution in [3.8, 4) is 0 Å². The molecule has 126 valence electrons. The molecule has 0 saturated heterocycles. The average Bonchev–Trinajstić information content (AvgIpc) is 3.06. The summed E-state index contributed by atoms with van der Waals surface area (Å²) in [6.07, 6.45) is 0. The van der Waals surface area contributed by atoms with Crippen LogP contribution < -0.4 is 10.2 Å². The number of anilines is 1. The van der Waals surface area contributed by atoms with Gasteiger partial charge in [-0.2, -0.15) is 0 Å². The molecule has 0 bridgehead atoms. The largest absolute Gasteiger partial charge is 0.378 e. The Morgan fingerprint density at radius 2 is 1.88 bits per heavy atom. The van der Waals surface area contributed by atoms with Crippen molar-refractivity contribution < 1.29 is 0 Å². The predicted molar refractivity (Wildman–Crippen MR) is 102 cm³/mol. The lowest BCUT2D eigenvalue weighted by molar-refractivity contribution is 0.480. The molecule has 2 aromatic carbocycles. The molecule has 5 heteroatoms. The second kappa shape index (κ2) is 7.14. The average molecular weight is 343 g/mol. The molecule has 0 radical (unpaired) electrons. The van der Waals surface area contributed by atoms with Gasteiger partial charge in [0.05, 0.1) is 12.6 Å². The molecular formula is C19H23ClN4. The summed E-state index contributed by atoms with van der Waals surface area (Å²) >= 11 is 5.96. The number of halogens is 1. The van der Waals surface area contributed by atoms with Crippen LogP contribution in [0.1, 0.15) is 17.2 Å². The molecule has 4 nitrogen and oxygen atoms in total. The molecule has 0 aliphatic carbocycles. The third-order valence-electron chi connectivity index (χ3n) is 4.21. The van der Waals surface area contributed by atoms with Gasteiger partial charge in [0, 0.05) is 38.4 Å². The molecule has 1 aliphatic heterocycles. The number of nitrogens with zero attached hydrogens (tertiary/aromatic N) is 3.